The van der Waals surface area contributed by atoms with Crippen LogP contribution in [0.1, 0.15) is 0 Å². The number of nitrogens with zero attached hydrogens (tertiary/aromatic N) is 3. The van der Waals surface area contributed by atoms with Crippen LogP contribution in [0.5, 0.6) is 0 Å². The van der Waals surface area contributed by atoms with Crippen molar-refractivity contribution in [3.8, 4) is 0 Å². The third-order valence-electron chi connectivity index (χ3n) is 1.47. The van der Waals surface area contributed by atoms with Gasteiger partial charge in [0.05, 0.1) is 114 Å². The average molecular weight is 597 g/mol. The quantitative estimate of drug-likeness (QED) is 0.399. The van der Waals surface area contributed by atoms with Gasteiger partial charge in [-0.25, -0.2) is 8.86 Å². The van der Waals surface area contributed by atoms with Gasteiger partial charge in [0.15, 0.2) is 0 Å². The van der Waals surface area contributed by atoms with Crippen LogP contribution in [0.25, 0.3) is 0 Å². The summed E-state index contributed by atoms with van der Waals surface area (Å²) < 4.78 is 5.00. The predicted molar refractivity (Wildman–Crippen MR) is 87.4 cm³/mol. The molecule has 0 aliphatic rings. The number of anilines is 3. The van der Waals surface area contributed by atoms with Gasteiger partial charge in [-0.2, -0.15) is 0 Å². The van der Waals surface area contributed by atoms with Gasteiger partial charge in [-0.05, 0) is 18.2 Å². The van der Waals surface area contributed by atoms with Gasteiger partial charge >= 0.3 is 0 Å². The Morgan fingerprint density at radius 2 is 0.733 bits per heavy atom. The first kappa shape index (κ1) is 14.6. The second-order valence-corrected chi connectivity index (χ2v) is 9.52. The van der Waals surface area contributed by atoms with E-state index >= 15 is 0 Å². The van der Waals surface area contributed by atoms with Crippen LogP contribution in [0, 0.1) is 0 Å². The normalized spacial score (nSPS) is 10.0. The molecule has 0 amide bonds. The highest BCUT2D eigenvalue weighted by Gasteiger charge is 2.09. The smallest absolute Gasteiger partial charge is 0.0637 e. The number of halogens is 6. The maximum Gasteiger partial charge on any atom is 0.0637 e. The highest BCUT2D eigenvalue weighted by atomic mass is 79.9. The molecule has 0 unspecified atom stereocenters. The van der Waals surface area contributed by atoms with Gasteiger partial charge in [-0.1, -0.05) is 0 Å². The first-order valence-electron chi connectivity index (χ1n) is 3.42. The Labute approximate surface area is 139 Å². The van der Waals surface area contributed by atoms with Crippen molar-refractivity contribution in [2.24, 2.45) is 0 Å². The molecular weight excluding hydrogens is 594 g/mol. The fourth-order valence-electron chi connectivity index (χ4n) is 0.872. The molecule has 0 spiro atoms. The standard InChI is InChI=1S/C6H3Br6N3/c7-13(8)4-1-5(14(9)10)3-6(2-4)15(11)12/h1-3H. The number of rotatable bonds is 3. The fraction of sp³-hybridized carbons (Fsp3) is 0. The van der Waals surface area contributed by atoms with Gasteiger partial charge in [0.25, 0.3) is 0 Å². The van der Waals surface area contributed by atoms with Crippen LogP contribution in [0.4, 0.5) is 17.1 Å². The summed E-state index contributed by atoms with van der Waals surface area (Å²) >= 11 is 19.8. The molecule has 3 nitrogen and oxygen atoms in total. The average Bonchev–Trinajstić information content (AvgIpc) is 2.16. The number of hydrogen-bond acceptors (Lipinski definition) is 3. The zero-order chi connectivity index (χ0) is 11.6. The maximum absolute atomic E-state index is 3.30. The van der Waals surface area contributed by atoms with Crippen molar-refractivity contribution in [2.75, 3.05) is 8.86 Å². The van der Waals surface area contributed by atoms with E-state index in [0.717, 1.165) is 17.1 Å². The van der Waals surface area contributed by atoms with E-state index in [1.165, 1.54) is 0 Å². The minimum atomic E-state index is 0.940. The van der Waals surface area contributed by atoms with Gasteiger partial charge in [0, 0.05) is 0 Å². The Morgan fingerprint density at radius 1 is 0.533 bits per heavy atom. The van der Waals surface area contributed by atoms with Crippen LogP contribution in [-0.2, 0) is 0 Å². The van der Waals surface area contributed by atoms with Gasteiger partial charge in [-0.15, -0.1) is 0 Å². The molecule has 9 heteroatoms. The maximum atomic E-state index is 3.30. The third-order valence-corrected chi connectivity index (χ3v) is 3.93. The predicted octanol–water partition coefficient (Wildman–Crippen LogP) is 5.97. The van der Waals surface area contributed by atoms with Crippen LogP contribution in [0.3, 0.4) is 0 Å². The number of hydrogen-bond donors (Lipinski definition) is 0. The highest BCUT2D eigenvalue weighted by Crippen LogP contribution is 2.36. The molecule has 0 saturated carbocycles. The molecule has 0 radical (unpaired) electrons. The van der Waals surface area contributed by atoms with Gasteiger partial charge in [0.1, 0.15) is 0 Å². The second-order valence-electron chi connectivity index (χ2n) is 2.41. The second kappa shape index (κ2) is 6.44. The Balaban J connectivity index is 3.20. The topological polar surface area (TPSA) is 9.72 Å². The van der Waals surface area contributed by atoms with E-state index in [-0.39, 0.29) is 0 Å². The molecule has 15 heavy (non-hydrogen) atoms. The molecular formula is C6H3Br6N3. The molecule has 84 valence electrons. The number of benzene rings is 1. The molecule has 0 N–H and O–H groups in total. The van der Waals surface area contributed by atoms with Crippen molar-refractivity contribution in [1.29, 1.82) is 0 Å². The van der Waals surface area contributed by atoms with Crippen molar-refractivity contribution in [3.05, 3.63) is 18.2 Å². The van der Waals surface area contributed by atoms with Crippen molar-refractivity contribution in [1.82, 2.24) is 0 Å². The summed E-state index contributed by atoms with van der Waals surface area (Å²) in [7, 11) is 0. The minimum Gasteiger partial charge on any atom is -0.242 e. The molecule has 0 fully saturated rings. The Bertz CT molecular complexity index is 277. The van der Waals surface area contributed by atoms with E-state index in [1.54, 1.807) is 8.86 Å². The first-order chi connectivity index (χ1) is 6.91. The van der Waals surface area contributed by atoms with Gasteiger partial charge in [0.2, 0.25) is 0 Å². The van der Waals surface area contributed by atoms with E-state index in [1.807, 2.05) is 18.2 Å². The van der Waals surface area contributed by atoms with E-state index in [2.05, 4.69) is 96.9 Å². The Kier molecular flexibility index (Phi) is 6.25. The Hall–Kier alpha value is 1.50. The van der Waals surface area contributed by atoms with Crippen molar-refractivity contribution < 1.29 is 0 Å². The van der Waals surface area contributed by atoms with Gasteiger partial charge in [-0.3, -0.25) is 0 Å². The van der Waals surface area contributed by atoms with Crippen molar-refractivity contribution in [3.63, 3.8) is 0 Å². The van der Waals surface area contributed by atoms with Crippen molar-refractivity contribution >= 4 is 114 Å². The van der Waals surface area contributed by atoms with Gasteiger partial charge < -0.3 is 0 Å². The minimum absolute atomic E-state index is 0.940. The molecule has 1 aromatic rings. The van der Waals surface area contributed by atoms with E-state index in [4.69, 9.17) is 0 Å². The summed E-state index contributed by atoms with van der Waals surface area (Å²) in [4.78, 5) is 0. The molecule has 0 aliphatic heterocycles. The summed E-state index contributed by atoms with van der Waals surface area (Å²) in [5.74, 6) is 0. The lowest BCUT2D eigenvalue weighted by atomic mass is 10.2. The zero-order valence-corrected chi connectivity index (χ0v) is 16.4. The summed E-state index contributed by atoms with van der Waals surface area (Å²) in [6.07, 6.45) is 0. The van der Waals surface area contributed by atoms with Crippen molar-refractivity contribution in [2.45, 2.75) is 0 Å². The van der Waals surface area contributed by atoms with Crippen LogP contribution in [0.2, 0.25) is 0 Å². The summed E-state index contributed by atoms with van der Waals surface area (Å²) in [5, 5.41) is 0. The molecule has 1 aromatic carbocycles. The molecule has 0 bridgehead atoms. The molecule has 1 rings (SSSR count). The van der Waals surface area contributed by atoms with E-state index in [0.29, 0.717) is 0 Å². The molecule has 0 aromatic heterocycles. The molecule has 0 atom stereocenters. The summed E-state index contributed by atoms with van der Waals surface area (Å²) in [6.45, 7) is 0. The Morgan fingerprint density at radius 3 is 0.867 bits per heavy atom. The van der Waals surface area contributed by atoms with Crippen LogP contribution in [-0.4, -0.2) is 0 Å². The van der Waals surface area contributed by atoms with Crippen LogP contribution >= 0.6 is 96.9 Å². The molecule has 0 aliphatic carbocycles. The van der Waals surface area contributed by atoms with E-state index < -0.39 is 0 Å². The van der Waals surface area contributed by atoms with Crippen LogP contribution in [0.15, 0.2) is 18.2 Å². The molecule has 0 heterocycles. The summed E-state index contributed by atoms with van der Waals surface area (Å²) in [5.41, 5.74) is 2.82. The lowest BCUT2D eigenvalue weighted by molar-refractivity contribution is 1.56. The monoisotopic (exact) mass is 591 g/mol. The third kappa shape index (κ3) is 4.34. The van der Waals surface area contributed by atoms with Crippen LogP contribution < -0.4 is 8.86 Å². The largest absolute Gasteiger partial charge is 0.242 e. The zero-order valence-electron chi connectivity index (χ0n) is 6.84. The lowest BCUT2D eigenvalue weighted by Gasteiger charge is -2.16. The van der Waals surface area contributed by atoms with E-state index in [9.17, 15) is 0 Å². The highest BCUT2D eigenvalue weighted by molar-refractivity contribution is 9.26. The SMILES string of the molecule is BrN(Br)c1cc(N(Br)Br)cc(N(Br)Br)c1. The fourth-order valence-corrected chi connectivity index (χ4v) is 2.10. The molecule has 0 saturated heterocycles. The summed E-state index contributed by atoms with van der Waals surface area (Å²) in [6, 6.07) is 5.88. The first-order valence-corrected chi connectivity index (χ1v) is 7.67. The lowest BCUT2D eigenvalue weighted by Crippen LogP contribution is -1.98.